The summed E-state index contributed by atoms with van der Waals surface area (Å²) in [5, 5.41) is 11.1. The fourth-order valence-corrected chi connectivity index (χ4v) is 1.67. The molecule has 0 spiro atoms. The maximum absolute atomic E-state index is 13.5. The van der Waals surface area contributed by atoms with Gasteiger partial charge >= 0.3 is 5.97 Å². The third kappa shape index (κ3) is 2.86. The molecule has 2 aromatic carbocycles. The number of aromatic carboxylic acids is 1. The number of benzene rings is 2. The van der Waals surface area contributed by atoms with Gasteiger partial charge in [-0.05, 0) is 24.3 Å². The van der Waals surface area contributed by atoms with Crippen molar-refractivity contribution < 1.29 is 27.9 Å². The molecule has 0 aromatic heterocycles. The van der Waals surface area contributed by atoms with Gasteiger partial charge in [0.25, 0.3) is 5.91 Å². The summed E-state index contributed by atoms with van der Waals surface area (Å²) in [5.41, 5.74) is -1.03. The van der Waals surface area contributed by atoms with E-state index in [-0.39, 0.29) is 11.3 Å². The predicted octanol–water partition coefficient (Wildman–Crippen LogP) is 3.05. The second-order valence-electron chi connectivity index (χ2n) is 4.03. The topological polar surface area (TPSA) is 66.4 Å². The number of rotatable bonds is 3. The van der Waals surface area contributed by atoms with E-state index < -0.39 is 34.9 Å². The first-order chi connectivity index (χ1) is 9.91. The van der Waals surface area contributed by atoms with Gasteiger partial charge in [0.05, 0.1) is 16.8 Å². The third-order valence-electron chi connectivity index (χ3n) is 2.69. The monoisotopic (exact) mass is 295 g/mol. The molecule has 0 atom stereocenters. The zero-order chi connectivity index (χ0) is 15.6. The van der Waals surface area contributed by atoms with Crippen molar-refractivity contribution in [2.24, 2.45) is 0 Å². The molecule has 0 aliphatic rings. The van der Waals surface area contributed by atoms with Gasteiger partial charge in [0.1, 0.15) is 0 Å². The van der Waals surface area contributed by atoms with Crippen molar-refractivity contribution >= 4 is 17.6 Å². The summed E-state index contributed by atoms with van der Waals surface area (Å²) in [7, 11) is 0. The number of halogens is 3. The summed E-state index contributed by atoms with van der Waals surface area (Å²) in [6.07, 6.45) is 0. The van der Waals surface area contributed by atoms with Gasteiger partial charge in [-0.1, -0.05) is 12.1 Å². The molecule has 0 bridgehead atoms. The minimum atomic E-state index is -1.77. The number of carbonyl (C=O) groups is 2. The lowest BCUT2D eigenvalue weighted by molar-refractivity contribution is 0.0698. The summed E-state index contributed by atoms with van der Waals surface area (Å²) in [4.78, 5) is 22.8. The highest BCUT2D eigenvalue weighted by Crippen LogP contribution is 2.19. The van der Waals surface area contributed by atoms with Crippen LogP contribution in [0.1, 0.15) is 20.7 Å². The quantitative estimate of drug-likeness (QED) is 0.855. The second-order valence-corrected chi connectivity index (χ2v) is 4.03. The molecule has 4 nitrogen and oxygen atoms in total. The lowest BCUT2D eigenvalue weighted by Gasteiger charge is -2.09. The summed E-state index contributed by atoms with van der Waals surface area (Å²) in [6, 6.07) is 6.81. The highest BCUT2D eigenvalue weighted by molar-refractivity contribution is 6.07. The van der Waals surface area contributed by atoms with Gasteiger partial charge in [0, 0.05) is 0 Å². The average Bonchev–Trinajstić information content (AvgIpc) is 2.45. The van der Waals surface area contributed by atoms with E-state index in [1.54, 1.807) is 0 Å². The Labute approximate surface area is 116 Å². The van der Waals surface area contributed by atoms with Gasteiger partial charge in [0.2, 0.25) is 0 Å². The molecule has 0 heterocycles. The highest BCUT2D eigenvalue weighted by Gasteiger charge is 2.20. The molecule has 108 valence electrons. The molecule has 7 heteroatoms. The van der Waals surface area contributed by atoms with Crippen LogP contribution in [-0.2, 0) is 0 Å². The fourth-order valence-electron chi connectivity index (χ4n) is 1.67. The van der Waals surface area contributed by atoms with E-state index in [4.69, 9.17) is 5.11 Å². The Morgan fingerprint density at radius 3 is 2.24 bits per heavy atom. The number of anilines is 1. The maximum Gasteiger partial charge on any atom is 0.337 e. The first-order valence-corrected chi connectivity index (χ1v) is 5.69. The Hall–Kier alpha value is -2.83. The summed E-state index contributed by atoms with van der Waals surface area (Å²) >= 11 is 0. The summed E-state index contributed by atoms with van der Waals surface area (Å²) in [5.74, 6) is -7.21. The average molecular weight is 295 g/mol. The van der Waals surface area contributed by atoms with E-state index in [1.807, 2.05) is 0 Å². The number of amides is 1. The predicted molar refractivity (Wildman–Crippen MR) is 67.7 cm³/mol. The van der Waals surface area contributed by atoms with Gasteiger partial charge in [-0.3, -0.25) is 4.79 Å². The van der Waals surface area contributed by atoms with Crippen LogP contribution < -0.4 is 5.32 Å². The zero-order valence-electron chi connectivity index (χ0n) is 10.4. The molecule has 2 N–H and O–H groups in total. The van der Waals surface area contributed by atoms with Crippen molar-refractivity contribution in [2.75, 3.05) is 5.32 Å². The van der Waals surface area contributed by atoms with Crippen molar-refractivity contribution in [1.82, 2.24) is 0 Å². The summed E-state index contributed by atoms with van der Waals surface area (Å²) < 4.78 is 39.4. The van der Waals surface area contributed by atoms with Crippen molar-refractivity contribution in [3.63, 3.8) is 0 Å². The zero-order valence-corrected chi connectivity index (χ0v) is 10.4. The molecule has 0 saturated heterocycles. The highest BCUT2D eigenvalue weighted by atomic mass is 19.2. The Kier molecular flexibility index (Phi) is 3.93. The van der Waals surface area contributed by atoms with E-state index in [0.29, 0.717) is 6.07 Å². The van der Waals surface area contributed by atoms with E-state index in [0.717, 1.165) is 6.07 Å². The molecule has 0 aliphatic heterocycles. The van der Waals surface area contributed by atoms with Gasteiger partial charge in [0.15, 0.2) is 17.5 Å². The van der Waals surface area contributed by atoms with Crippen molar-refractivity contribution in [2.45, 2.75) is 0 Å². The Morgan fingerprint density at radius 1 is 0.905 bits per heavy atom. The third-order valence-corrected chi connectivity index (χ3v) is 2.69. The van der Waals surface area contributed by atoms with Crippen LogP contribution in [0.15, 0.2) is 36.4 Å². The minimum absolute atomic E-state index is 0.0841. The molecular weight excluding hydrogens is 287 g/mol. The normalized spacial score (nSPS) is 10.2. The number of hydrogen-bond donors (Lipinski definition) is 2. The van der Waals surface area contributed by atoms with Gasteiger partial charge in [-0.2, -0.15) is 0 Å². The van der Waals surface area contributed by atoms with E-state index >= 15 is 0 Å². The smallest absolute Gasteiger partial charge is 0.337 e. The van der Waals surface area contributed by atoms with Crippen LogP contribution in [0.4, 0.5) is 18.9 Å². The number of hydrogen-bond acceptors (Lipinski definition) is 2. The van der Waals surface area contributed by atoms with E-state index in [2.05, 4.69) is 5.32 Å². The molecule has 2 rings (SSSR count). The number of carboxylic acid groups (broad SMARTS) is 1. The van der Waals surface area contributed by atoms with Gasteiger partial charge < -0.3 is 10.4 Å². The molecule has 2 aromatic rings. The largest absolute Gasteiger partial charge is 0.478 e. The van der Waals surface area contributed by atoms with Crippen LogP contribution >= 0.6 is 0 Å². The minimum Gasteiger partial charge on any atom is -0.478 e. The van der Waals surface area contributed by atoms with Crippen LogP contribution in [0.25, 0.3) is 0 Å². The van der Waals surface area contributed by atoms with Crippen LogP contribution in [0.3, 0.4) is 0 Å². The van der Waals surface area contributed by atoms with Crippen LogP contribution in [0, 0.1) is 17.5 Å². The van der Waals surface area contributed by atoms with Crippen molar-refractivity contribution in [3.8, 4) is 0 Å². The van der Waals surface area contributed by atoms with Crippen LogP contribution in [0.5, 0.6) is 0 Å². The van der Waals surface area contributed by atoms with Gasteiger partial charge in [-0.25, -0.2) is 18.0 Å². The van der Waals surface area contributed by atoms with Crippen molar-refractivity contribution in [3.05, 3.63) is 65.0 Å². The molecule has 1 amide bonds. The number of para-hydroxylation sites is 1. The van der Waals surface area contributed by atoms with Crippen LogP contribution in [0.2, 0.25) is 0 Å². The number of carbonyl (C=O) groups excluding carboxylic acids is 1. The second kappa shape index (κ2) is 5.66. The standard InChI is InChI=1S/C14H8F3NO3/c15-9-6-5-8(11(16)12(9)17)13(19)18-10-4-2-1-3-7(10)14(20)21/h1-6H,(H,18,19)(H,20,21). The Morgan fingerprint density at radius 2 is 1.57 bits per heavy atom. The number of carboxylic acids is 1. The first-order valence-electron chi connectivity index (χ1n) is 5.69. The number of nitrogens with one attached hydrogen (secondary N) is 1. The Balaban J connectivity index is 2.36. The maximum atomic E-state index is 13.5. The molecule has 0 fully saturated rings. The van der Waals surface area contributed by atoms with E-state index in [1.165, 1.54) is 24.3 Å². The molecule has 0 unspecified atom stereocenters. The molecule has 0 saturated carbocycles. The Bertz CT molecular complexity index is 731. The lowest BCUT2D eigenvalue weighted by atomic mass is 10.1. The SMILES string of the molecule is O=C(O)c1ccccc1NC(=O)c1ccc(F)c(F)c1F. The first kappa shape index (κ1) is 14.6. The lowest BCUT2D eigenvalue weighted by Crippen LogP contribution is -2.17. The molecule has 0 aliphatic carbocycles. The summed E-state index contributed by atoms with van der Waals surface area (Å²) in [6.45, 7) is 0. The van der Waals surface area contributed by atoms with E-state index in [9.17, 15) is 22.8 Å². The fraction of sp³-hybridized carbons (Fsp3) is 0. The molecule has 21 heavy (non-hydrogen) atoms. The van der Waals surface area contributed by atoms with Crippen molar-refractivity contribution in [1.29, 1.82) is 0 Å². The van der Waals surface area contributed by atoms with Gasteiger partial charge in [-0.15, -0.1) is 0 Å². The molecule has 0 radical (unpaired) electrons. The molecular formula is C14H8F3NO3. The van der Waals surface area contributed by atoms with Crippen LogP contribution in [-0.4, -0.2) is 17.0 Å².